The molecule has 5 heteroatoms. The van der Waals surface area contributed by atoms with Gasteiger partial charge in [0.1, 0.15) is 16.7 Å². The Morgan fingerprint density at radius 3 is 2.90 bits per heavy atom. The summed E-state index contributed by atoms with van der Waals surface area (Å²) >= 11 is 6.33. The Morgan fingerprint density at radius 1 is 1.29 bits per heavy atom. The van der Waals surface area contributed by atoms with Crippen molar-refractivity contribution in [2.75, 3.05) is 7.11 Å². The quantitative estimate of drug-likeness (QED) is 0.690. The summed E-state index contributed by atoms with van der Waals surface area (Å²) in [6, 6.07) is 7.88. The Hall–Kier alpha value is -2.07. The van der Waals surface area contributed by atoms with Crippen LogP contribution >= 0.6 is 11.6 Å². The highest BCUT2D eigenvalue weighted by molar-refractivity contribution is 6.30. The maximum absolute atomic E-state index is 6.33. The molecule has 2 aromatic heterocycles. The third-order valence-corrected chi connectivity index (χ3v) is 3.84. The molecule has 0 N–H and O–H groups in total. The largest absolute Gasteiger partial charge is 0.497 e. The molecule has 21 heavy (non-hydrogen) atoms. The number of ether oxygens (including phenoxy) is 1. The predicted molar refractivity (Wildman–Crippen MR) is 84.0 cm³/mol. The van der Waals surface area contributed by atoms with Crippen LogP contribution in [-0.4, -0.2) is 21.6 Å². The van der Waals surface area contributed by atoms with Gasteiger partial charge in [-0.15, -0.1) is 0 Å². The van der Waals surface area contributed by atoms with Gasteiger partial charge in [-0.25, -0.2) is 9.97 Å². The third-order valence-electron chi connectivity index (χ3n) is 3.51. The molecule has 0 atom stereocenters. The Kier molecular flexibility index (Phi) is 3.80. The average molecular weight is 302 g/mol. The highest BCUT2D eigenvalue weighted by atomic mass is 35.5. The van der Waals surface area contributed by atoms with E-state index in [0.717, 1.165) is 34.5 Å². The number of hydrogen-bond donors (Lipinski definition) is 0. The standard InChI is InChI=1S/C16H16ClN3O/c1-3-15-18-6-7-20(15)10-12-8-11-4-5-13(21-2)9-14(11)19-16(12)17/h4-9H,3,10H2,1-2H3. The molecule has 0 radical (unpaired) electrons. The van der Waals surface area contributed by atoms with Gasteiger partial charge >= 0.3 is 0 Å². The highest BCUT2D eigenvalue weighted by Gasteiger charge is 2.08. The van der Waals surface area contributed by atoms with Crippen molar-refractivity contribution in [3.8, 4) is 5.75 Å². The van der Waals surface area contributed by atoms with Crippen LogP contribution in [0.4, 0.5) is 0 Å². The number of rotatable bonds is 4. The number of hydrogen-bond acceptors (Lipinski definition) is 3. The van der Waals surface area contributed by atoms with Crippen molar-refractivity contribution in [1.82, 2.24) is 14.5 Å². The Morgan fingerprint density at radius 2 is 2.14 bits per heavy atom. The molecule has 0 saturated carbocycles. The predicted octanol–water partition coefficient (Wildman–Crippen LogP) is 3.70. The highest BCUT2D eigenvalue weighted by Crippen LogP contribution is 2.25. The summed E-state index contributed by atoms with van der Waals surface area (Å²) in [6.07, 6.45) is 4.67. The number of fused-ring (bicyclic) bond motifs is 1. The van der Waals surface area contributed by atoms with Gasteiger partial charge in [0.25, 0.3) is 0 Å². The van der Waals surface area contributed by atoms with E-state index in [4.69, 9.17) is 16.3 Å². The lowest BCUT2D eigenvalue weighted by Crippen LogP contribution is -2.04. The lowest BCUT2D eigenvalue weighted by Gasteiger charge is -2.10. The maximum Gasteiger partial charge on any atom is 0.134 e. The van der Waals surface area contributed by atoms with Crippen LogP contribution in [0.15, 0.2) is 36.7 Å². The van der Waals surface area contributed by atoms with E-state index in [9.17, 15) is 0 Å². The van der Waals surface area contributed by atoms with Crippen LogP contribution in [0.2, 0.25) is 5.15 Å². The van der Waals surface area contributed by atoms with E-state index in [1.165, 1.54) is 0 Å². The molecule has 0 aliphatic rings. The van der Waals surface area contributed by atoms with Crippen LogP contribution in [0.3, 0.4) is 0 Å². The van der Waals surface area contributed by atoms with Gasteiger partial charge in [0.15, 0.2) is 0 Å². The van der Waals surface area contributed by atoms with Crippen LogP contribution in [0.1, 0.15) is 18.3 Å². The Labute approximate surface area is 128 Å². The molecule has 0 bridgehead atoms. The first-order valence-corrected chi connectivity index (χ1v) is 7.22. The summed E-state index contributed by atoms with van der Waals surface area (Å²) in [4.78, 5) is 8.80. The normalized spacial score (nSPS) is 11.0. The fourth-order valence-electron chi connectivity index (χ4n) is 2.39. The van der Waals surface area contributed by atoms with E-state index in [0.29, 0.717) is 11.7 Å². The second-order valence-corrected chi connectivity index (χ2v) is 5.18. The van der Waals surface area contributed by atoms with E-state index in [1.54, 1.807) is 7.11 Å². The van der Waals surface area contributed by atoms with Gasteiger partial charge in [-0.05, 0) is 18.2 Å². The minimum atomic E-state index is 0.520. The van der Waals surface area contributed by atoms with Crippen molar-refractivity contribution >= 4 is 22.5 Å². The molecule has 0 aliphatic heterocycles. The van der Waals surface area contributed by atoms with Crippen LogP contribution in [0.25, 0.3) is 10.9 Å². The lowest BCUT2D eigenvalue weighted by molar-refractivity contribution is 0.415. The second kappa shape index (κ2) is 5.74. The SMILES string of the molecule is CCc1nccn1Cc1cc2ccc(OC)cc2nc1Cl. The van der Waals surface area contributed by atoms with Crippen molar-refractivity contribution in [1.29, 1.82) is 0 Å². The Balaban J connectivity index is 2.01. The molecule has 0 aliphatic carbocycles. The first kappa shape index (κ1) is 13.9. The minimum absolute atomic E-state index is 0.520. The molecule has 3 aromatic rings. The number of benzene rings is 1. The van der Waals surface area contributed by atoms with Crippen molar-refractivity contribution in [3.05, 3.63) is 53.2 Å². The maximum atomic E-state index is 6.33. The lowest BCUT2D eigenvalue weighted by atomic mass is 10.1. The van der Waals surface area contributed by atoms with Gasteiger partial charge in [-0.3, -0.25) is 0 Å². The van der Waals surface area contributed by atoms with E-state index in [1.807, 2.05) is 30.6 Å². The van der Waals surface area contributed by atoms with Gasteiger partial charge in [0.05, 0.1) is 19.2 Å². The second-order valence-electron chi connectivity index (χ2n) is 4.82. The summed E-state index contributed by atoms with van der Waals surface area (Å²) in [5, 5.41) is 1.57. The van der Waals surface area contributed by atoms with Gasteiger partial charge < -0.3 is 9.30 Å². The molecular formula is C16H16ClN3O. The minimum Gasteiger partial charge on any atom is -0.497 e. The molecule has 0 unspecified atom stereocenters. The topological polar surface area (TPSA) is 39.9 Å². The first-order chi connectivity index (χ1) is 10.2. The molecule has 4 nitrogen and oxygen atoms in total. The van der Waals surface area contributed by atoms with Crippen LogP contribution < -0.4 is 4.74 Å². The molecule has 1 aromatic carbocycles. The molecular weight excluding hydrogens is 286 g/mol. The summed E-state index contributed by atoms with van der Waals surface area (Å²) in [5.74, 6) is 1.82. The smallest absolute Gasteiger partial charge is 0.134 e. The van der Waals surface area contributed by atoms with Crippen molar-refractivity contribution in [2.24, 2.45) is 0 Å². The number of methoxy groups -OCH3 is 1. The van der Waals surface area contributed by atoms with Gasteiger partial charge in [0.2, 0.25) is 0 Å². The molecule has 0 fully saturated rings. The van der Waals surface area contributed by atoms with E-state index >= 15 is 0 Å². The summed E-state index contributed by atoms with van der Waals surface area (Å²) in [5.41, 5.74) is 1.83. The zero-order valence-corrected chi connectivity index (χ0v) is 12.8. The summed E-state index contributed by atoms with van der Waals surface area (Å²) in [6.45, 7) is 2.77. The third kappa shape index (κ3) is 2.72. The van der Waals surface area contributed by atoms with E-state index in [2.05, 4.69) is 27.5 Å². The van der Waals surface area contributed by atoms with Crippen molar-refractivity contribution < 1.29 is 4.74 Å². The molecule has 3 rings (SSSR count). The van der Waals surface area contributed by atoms with Crippen LogP contribution in [0.5, 0.6) is 5.75 Å². The number of halogens is 1. The number of imidazole rings is 1. The summed E-state index contributed by atoms with van der Waals surface area (Å²) in [7, 11) is 1.64. The fourth-order valence-corrected chi connectivity index (χ4v) is 2.59. The number of aryl methyl sites for hydroxylation is 1. The summed E-state index contributed by atoms with van der Waals surface area (Å²) < 4.78 is 7.31. The van der Waals surface area contributed by atoms with Crippen molar-refractivity contribution in [3.63, 3.8) is 0 Å². The monoisotopic (exact) mass is 301 g/mol. The number of aromatic nitrogens is 3. The zero-order valence-electron chi connectivity index (χ0n) is 12.0. The fraction of sp³-hybridized carbons (Fsp3) is 0.250. The first-order valence-electron chi connectivity index (χ1n) is 6.84. The number of pyridine rings is 1. The average Bonchev–Trinajstić information content (AvgIpc) is 2.94. The van der Waals surface area contributed by atoms with Gasteiger partial charge in [-0.1, -0.05) is 18.5 Å². The molecule has 0 amide bonds. The van der Waals surface area contributed by atoms with Crippen LogP contribution in [-0.2, 0) is 13.0 Å². The van der Waals surface area contributed by atoms with Crippen molar-refractivity contribution in [2.45, 2.75) is 19.9 Å². The van der Waals surface area contributed by atoms with Gasteiger partial charge in [-0.2, -0.15) is 0 Å². The molecule has 0 spiro atoms. The van der Waals surface area contributed by atoms with Gasteiger partial charge in [0, 0.05) is 35.8 Å². The van der Waals surface area contributed by atoms with E-state index in [-0.39, 0.29) is 0 Å². The Bertz CT molecular complexity index is 782. The van der Waals surface area contributed by atoms with Crippen LogP contribution in [0, 0.1) is 0 Å². The molecule has 108 valence electrons. The zero-order chi connectivity index (χ0) is 14.8. The molecule has 0 saturated heterocycles. The number of nitrogens with zero attached hydrogens (tertiary/aromatic N) is 3. The van der Waals surface area contributed by atoms with E-state index < -0.39 is 0 Å². The molecule has 2 heterocycles.